The lowest BCUT2D eigenvalue weighted by atomic mass is 9.84. The summed E-state index contributed by atoms with van der Waals surface area (Å²) in [6, 6.07) is 0. The van der Waals surface area contributed by atoms with Crippen LogP contribution in [0.5, 0.6) is 0 Å². The molecule has 0 aromatic heterocycles. The van der Waals surface area contributed by atoms with Gasteiger partial charge >= 0.3 is 0 Å². The predicted molar refractivity (Wildman–Crippen MR) is 173 cm³/mol. The van der Waals surface area contributed by atoms with E-state index in [0.29, 0.717) is 48.1 Å². The largest absolute Gasteiger partial charge is 0.393 e. The Hall–Kier alpha value is -0.720. The number of aliphatic hydroxyl groups is 1. The number of rotatable bonds is 11. The van der Waals surface area contributed by atoms with E-state index in [-0.39, 0.29) is 23.4 Å². The number of hydrogen-bond donors (Lipinski definition) is 1. The van der Waals surface area contributed by atoms with Crippen LogP contribution in [0.3, 0.4) is 0 Å². The summed E-state index contributed by atoms with van der Waals surface area (Å²) in [6.45, 7) is 29.2. The molecule has 10 atom stereocenters. The highest BCUT2D eigenvalue weighted by Gasteiger charge is 2.43. The molecule has 0 spiro atoms. The summed E-state index contributed by atoms with van der Waals surface area (Å²) in [5.74, 6) is 2.49. The van der Waals surface area contributed by atoms with Gasteiger partial charge < -0.3 is 24.1 Å². The molecule has 0 saturated carbocycles. The van der Waals surface area contributed by atoms with Crippen molar-refractivity contribution in [2.24, 2.45) is 23.7 Å². The van der Waals surface area contributed by atoms with Crippen molar-refractivity contribution < 1.29 is 24.1 Å². The van der Waals surface area contributed by atoms with Gasteiger partial charge in [-0.25, -0.2) is 0 Å². The van der Waals surface area contributed by atoms with Crippen molar-refractivity contribution in [1.29, 1.82) is 0 Å². The van der Waals surface area contributed by atoms with Gasteiger partial charge in [-0.2, -0.15) is 0 Å². The minimum atomic E-state index is -0.215. The van der Waals surface area contributed by atoms with Gasteiger partial charge in [0.2, 0.25) is 0 Å². The summed E-state index contributed by atoms with van der Waals surface area (Å²) >= 11 is 0. The van der Waals surface area contributed by atoms with Crippen molar-refractivity contribution in [3.63, 3.8) is 0 Å². The van der Waals surface area contributed by atoms with Gasteiger partial charge in [0.05, 0.1) is 47.8 Å². The van der Waals surface area contributed by atoms with E-state index in [1.165, 1.54) is 19.3 Å². The molecule has 5 nitrogen and oxygen atoms in total. The molecule has 0 aromatic rings. The van der Waals surface area contributed by atoms with E-state index in [0.717, 1.165) is 38.5 Å². The molecular formula is C36H68O5. The van der Waals surface area contributed by atoms with Gasteiger partial charge in [-0.3, -0.25) is 0 Å². The third-order valence-electron chi connectivity index (χ3n) is 9.56. The Morgan fingerprint density at radius 3 is 1.73 bits per heavy atom. The van der Waals surface area contributed by atoms with Crippen molar-refractivity contribution in [3.05, 3.63) is 25.3 Å². The molecule has 41 heavy (non-hydrogen) atoms. The highest BCUT2D eigenvalue weighted by Crippen LogP contribution is 2.41. The number of hydrogen-bond acceptors (Lipinski definition) is 5. The topological polar surface area (TPSA) is 57.2 Å². The van der Waals surface area contributed by atoms with Crippen LogP contribution in [-0.4, -0.2) is 60.0 Å². The lowest BCUT2D eigenvalue weighted by Crippen LogP contribution is -2.26. The summed E-state index contributed by atoms with van der Waals surface area (Å²) in [7, 11) is 1.71. The van der Waals surface area contributed by atoms with Crippen molar-refractivity contribution in [2.45, 2.75) is 175 Å². The number of ether oxygens (including phenoxy) is 4. The van der Waals surface area contributed by atoms with E-state index in [1.807, 2.05) is 39.8 Å². The maximum Gasteiger partial charge on any atom is 0.0644 e. The highest BCUT2D eigenvalue weighted by atomic mass is 16.5. The van der Waals surface area contributed by atoms with Gasteiger partial charge in [-0.15, -0.1) is 13.2 Å². The summed E-state index contributed by atoms with van der Waals surface area (Å²) in [6.07, 6.45) is 14.7. The van der Waals surface area contributed by atoms with Crippen LogP contribution in [0.15, 0.2) is 25.3 Å². The fourth-order valence-electron chi connectivity index (χ4n) is 6.66. The van der Waals surface area contributed by atoms with Gasteiger partial charge in [0.15, 0.2) is 0 Å². The van der Waals surface area contributed by atoms with E-state index >= 15 is 0 Å². The maximum atomic E-state index is 9.71. The monoisotopic (exact) mass is 581 g/mol. The van der Waals surface area contributed by atoms with Crippen LogP contribution >= 0.6 is 0 Å². The lowest BCUT2D eigenvalue weighted by Gasteiger charge is -2.23. The Balaban J connectivity index is 0.000000347. The van der Waals surface area contributed by atoms with Gasteiger partial charge in [0, 0.05) is 13.5 Å². The zero-order chi connectivity index (χ0) is 31.4. The number of aliphatic hydroxyl groups excluding tert-OH is 1. The molecular weight excluding hydrogens is 512 g/mol. The predicted octanol–water partition coefficient (Wildman–Crippen LogP) is 8.92. The zero-order valence-electron chi connectivity index (χ0n) is 28.8. The highest BCUT2D eigenvalue weighted by molar-refractivity contribution is 4.94. The Kier molecular flexibility index (Phi) is 17.0. The van der Waals surface area contributed by atoms with E-state index in [9.17, 15) is 5.11 Å². The van der Waals surface area contributed by atoms with Crippen LogP contribution in [0.1, 0.15) is 127 Å². The van der Waals surface area contributed by atoms with Crippen molar-refractivity contribution >= 4 is 0 Å². The third kappa shape index (κ3) is 12.8. The fraction of sp³-hybridized carbons (Fsp3) is 0.889. The average Bonchev–Trinajstić information content (AvgIpc) is 3.51. The van der Waals surface area contributed by atoms with Gasteiger partial charge in [-0.1, -0.05) is 59.6 Å². The second kappa shape index (κ2) is 18.2. The normalized spacial score (nSPS) is 35.2. The molecule has 5 heteroatoms. The van der Waals surface area contributed by atoms with Crippen molar-refractivity contribution in [3.8, 4) is 0 Å². The second-order valence-corrected chi connectivity index (χ2v) is 14.2. The number of methoxy groups -OCH3 is 1. The van der Waals surface area contributed by atoms with Gasteiger partial charge in [0.25, 0.3) is 0 Å². The van der Waals surface area contributed by atoms with E-state index in [1.54, 1.807) is 7.11 Å². The molecule has 3 aliphatic heterocycles. The molecule has 1 N–H and O–H groups in total. The molecule has 3 rings (SSSR count). The molecule has 0 bridgehead atoms. The molecule has 3 aliphatic rings. The van der Waals surface area contributed by atoms with Crippen molar-refractivity contribution in [1.82, 2.24) is 0 Å². The van der Waals surface area contributed by atoms with Gasteiger partial charge in [-0.05, 0) is 96.8 Å². The quantitative estimate of drug-likeness (QED) is 0.247. The molecule has 0 aliphatic carbocycles. The van der Waals surface area contributed by atoms with Crippen LogP contribution in [0, 0.1) is 23.7 Å². The first-order valence-electron chi connectivity index (χ1n) is 16.6. The lowest BCUT2D eigenvalue weighted by molar-refractivity contribution is -0.0512. The molecule has 0 aromatic carbocycles. The molecule has 0 amide bonds. The summed E-state index contributed by atoms with van der Waals surface area (Å²) in [5, 5.41) is 9.71. The van der Waals surface area contributed by atoms with Crippen LogP contribution in [0.4, 0.5) is 0 Å². The van der Waals surface area contributed by atoms with Crippen LogP contribution in [0.2, 0.25) is 0 Å². The molecule has 0 radical (unpaired) electrons. The van der Waals surface area contributed by atoms with Crippen LogP contribution in [-0.2, 0) is 18.9 Å². The molecule has 3 heterocycles. The maximum absolute atomic E-state index is 9.71. The molecule has 3 fully saturated rings. The fourth-order valence-corrected chi connectivity index (χ4v) is 6.66. The van der Waals surface area contributed by atoms with E-state index in [2.05, 4.69) is 54.7 Å². The first-order valence-corrected chi connectivity index (χ1v) is 16.6. The standard InChI is InChI=1S/C17H30O2.C14H26O2.C5H12O/c1-6-8-15-14(7-2)12(3)16(18-15)11-13-9-10-17(4,5)19-13;1-5-8-13-12(7-3)10(4)14(16-13)9-11(15)6-2;1-5(2,3)6-4/h6,12-16H,1,7-11H2,2-5H3;5,10-15H,1,6-9H2,2-4H3;1-4H3/t12-,13-,14-,15+,16-;10-,11-,12-,13+,14-;/m11./s1. The first-order chi connectivity index (χ1) is 19.2. The smallest absolute Gasteiger partial charge is 0.0644 e. The van der Waals surface area contributed by atoms with Crippen LogP contribution in [0.25, 0.3) is 0 Å². The summed E-state index contributed by atoms with van der Waals surface area (Å²) in [5.41, 5.74) is 0.108. The van der Waals surface area contributed by atoms with E-state index in [4.69, 9.17) is 18.9 Å². The molecule has 0 unspecified atom stereocenters. The summed E-state index contributed by atoms with van der Waals surface area (Å²) in [4.78, 5) is 0. The van der Waals surface area contributed by atoms with Gasteiger partial charge in [0.1, 0.15) is 0 Å². The zero-order valence-corrected chi connectivity index (χ0v) is 28.8. The first kappa shape index (κ1) is 38.3. The Bertz CT molecular complexity index is 728. The Labute approximate surface area is 254 Å². The second-order valence-electron chi connectivity index (χ2n) is 14.2. The Morgan fingerprint density at radius 1 is 0.902 bits per heavy atom. The molecule has 242 valence electrons. The summed E-state index contributed by atoms with van der Waals surface area (Å²) < 4.78 is 23.4. The van der Waals surface area contributed by atoms with Crippen molar-refractivity contribution in [2.75, 3.05) is 7.11 Å². The van der Waals surface area contributed by atoms with Crippen LogP contribution < -0.4 is 0 Å². The SMILES string of the molecule is C=CC[C@@H]1O[C@H](C[C@H](O)CC)[C@H](C)[C@H]1CC.C=CC[C@@H]1O[C@H](C[C@H]2CCC(C)(C)O2)[C@H](C)[C@H]1CC.COC(C)(C)C. The Morgan fingerprint density at radius 2 is 1.37 bits per heavy atom. The minimum Gasteiger partial charge on any atom is -0.393 e. The van der Waals surface area contributed by atoms with E-state index < -0.39 is 0 Å². The molecule has 3 saturated heterocycles. The third-order valence-corrected chi connectivity index (χ3v) is 9.56. The average molecular weight is 581 g/mol. The minimum absolute atomic E-state index is 0.0417.